The Kier molecular flexibility index (Phi) is 6.21. The summed E-state index contributed by atoms with van der Waals surface area (Å²) in [6.07, 6.45) is 0.355. The maximum absolute atomic E-state index is 13.1. The summed E-state index contributed by atoms with van der Waals surface area (Å²) in [5, 5.41) is 15.6. The minimum Gasteiger partial charge on any atom is -0.487 e. The Bertz CT molecular complexity index is 1290. The molecule has 2 aromatic carbocycles. The lowest BCUT2D eigenvalue weighted by molar-refractivity contribution is 0.122. The second-order valence-corrected chi connectivity index (χ2v) is 8.28. The number of aromatic nitrogens is 4. The van der Waals surface area contributed by atoms with Crippen LogP contribution < -0.4 is 4.74 Å². The Balaban J connectivity index is 1.66. The number of benzene rings is 2. The third kappa shape index (κ3) is 4.49. The Morgan fingerprint density at radius 2 is 2.00 bits per heavy atom. The zero-order valence-electron chi connectivity index (χ0n) is 18.6. The summed E-state index contributed by atoms with van der Waals surface area (Å²) < 4.78 is 39.0. The fourth-order valence-electron chi connectivity index (χ4n) is 4.17. The van der Waals surface area contributed by atoms with E-state index in [1.807, 2.05) is 30.3 Å². The minimum atomic E-state index is -2.54. The van der Waals surface area contributed by atoms with Gasteiger partial charge in [0, 0.05) is 40.8 Å². The molecule has 34 heavy (non-hydrogen) atoms. The molecule has 0 bridgehead atoms. The zero-order chi connectivity index (χ0) is 23.7. The van der Waals surface area contributed by atoms with Crippen molar-refractivity contribution in [2.75, 3.05) is 13.2 Å². The van der Waals surface area contributed by atoms with Crippen LogP contribution in [0.5, 0.6) is 5.75 Å². The van der Waals surface area contributed by atoms with Gasteiger partial charge in [-0.05, 0) is 13.0 Å². The largest absolute Gasteiger partial charge is 0.487 e. The maximum Gasteiger partial charge on any atom is 0.257 e. The molecule has 1 fully saturated rings. The third-order valence-electron chi connectivity index (χ3n) is 5.79. The molecule has 1 aliphatic rings. The summed E-state index contributed by atoms with van der Waals surface area (Å²) in [5.41, 5.74) is 3.69. The average molecular weight is 466 g/mol. The number of halogens is 2. The highest BCUT2D eigenvalue weighted by atomic mass is 19.3. The van der Waals surface area contributed by atoms with Crippen LogP contribution in [0, 0.1) is 0 Å². The van der Waals surface area contributed by atoms with Gasteiger partial charge in [-0.2, -0.15) is 5.10 Å². The molecule has 0 aliphatic carbocycles. The first kappa shape index (κ1) is 22.4. The van der Waals surface area contributed by atoms with Gasteiger partial charge in [-0.3, -0.25) is 4.68 Å². The predicted octanol–water partition coefficient (Wildman–Crippen LogP) is 4.65. The number of nitrogens with zero attached hydrogens (tertiary/aromatic N) is 4. The zero-order valence-corrected chi connectivity index (χ0v) is 18.6. The molecule has 176 valence electrons. The molecule has 2 aromatic heterocycles. The van der Waals surface area contributed by atoms with Crippen LogP contribution in [0.2, 0.25) is 0 Å². The van der Waals surface area contributed by atoms with Gasteiger partial charge in [0.05, 0.1) is 30.5 Å². The summed E-state index contributed by atoms with van der Waals surface area (Å²) in [7, 11) is 0. The molecular weight excluding hydrogens is 442 g/mol. The van der Waals surface area contributed by atoms with Crippen LogP contribution in [0.1, 0.15) is 25.0 Å². The summed E-state index contributed by atoms with van der Waals surface area (Å²) in [4.78, 5) is 8.90. The number of ether oxygens (including phenoxy) is 2. The Labute approximate surface area is 195 Å². The van der Waals surface area contributed by atoms with Crippen LogP contribution in [-0.4, -0.2) is 50.6 Å². The van der Waals surface area contributed by atoms with Crippen molar-refractivity contribution in [2.24, 2.45) is 0 Å². The van der Waals surface area contributed by atoms with E-state index in [0.717, 1.165) is 12.0 Å². The lowest BCUT2D eigenvalue weighted by Crippen LogP contribution is -2.17. The quantitative estimate of drug-likeness (QED) is 0.427. The van der Waals surface area contributed by atoms with Crippen molar-refractivity contribution in [3.05, 3.63) is 60.6 Å². The van der Waals surface area contributed by atoms with Crippen molar-refractivity contribution in [2.45, 2.75) is 38.5 Å². The Hall–Kier alpha value is -3.43. The summed E-state index contributed by atoms with van der Waals surface area (Å²) in [6.45, 7) is 2.28. The predicted molar refractivity (Wildman–Crippen MR) is 123 cm³/mol. The fourth-order valence-corrected chi connectivity index (χ4v) is 4.17. The van der Waals surface area contributed by atoms with Gasteiger partial charge >= 0.3 is 0 Å². The van der Waals surface area contributed by atoms with Crippen molar-refractivity contribution in [1.82, 2.24) is 19.7 Å². The molecular formula is C25H24F2N4O3. The number of aliphatic hydroxyl groups is 1. The number of hydrogen-bond donors (Lipinski definition) is 1. The van der Waals surface area contributed by atoms with Crippen LogP contribution in [0.3, 0.4) is 0 Å². The third-order valence-corrected chi connectivity index (χ3v) is 5.79. The van der Waals surface area contributed by atoms with Crippen molar-refractivity contribution < 1.29 is 23.4 Å². The molecule has 2 atom stereocenters. The molecule has 1 N–H and O–H groups in total. The van der Waals surface area contributed by atoms with E-state index in [1.54, 1.807) is 25.3 Å². The standard InChI is InChI=1S/C25H24F2N4O3/c1-15(32)18-9-19-21(10-22(18)34-17-7-8-33-13-17)28-14-29-25(19)20-11-31(12-23(26)27)30-24(20)16-5-3-2-4-6-16/h2-6,9-11,14-15,17,23,32H,7-8,12-13H2,1H3/t15-,17-/m0/s1. The fraction of sp³-hybridized carbons (Fsp3) is 0.320. The van der Waals surface area contributed by atoms with Gasteiger partial charge in [-0.25, -0.2) is 18.7 Å². The van der Waals surface area contributed by atoms with E-state index in [-0.39, 0.29) is 6.10 Å². The normalized spacial score (nSPS) is 16.9. The SMILES string of the molecule is C[C@H](O)c1cc2c(-c3cn(CC(F)F)nc3-c3ccccc3)ncnc2cc1O[C@H]1CCOC1. The van der Waals surface area contributed by atoms with E-state index in [0.29, 0.717) is 52.4 Å². The number of aliphatic hydroxyl groups excluding tert-OH is 1. The molecule has 7 nitrogen and oxygen atoms in total. The molecule has 0 radical (unpaired) electrons. The van der Waals surface area contributed by atoms with Crippen molar-refractivity contribution in [3.63, 3.8) is 0 Å². The summed E-state index contributed by atoms with van der Waals surface area (Å²) in [5.74, 6) is 0.541. The van der Waals surface area contributed by atoms with Crippen LogP contribution in [0.25, 0.3) is 33.4 Å². The van der Waals surface area contributed by atoms with Gasteiger partial charge in [-0.15, -0.1) is 0 Å². The molecule has 1 saturated heterocycles. The molecule has 0 spiro atoms. The van der Waals surface area contributed by atoms with Crippen LogP contribution >= 0.6 is 0 Å². The number of alkyl halides is 2. The van der Waals surface area contributed by atoms with Crippen LogP contribution in [0.15, 0.2) is 55.0 Å². The van der Waals surface area contributed by atoms with E-state index in [4.69, 9.17) is 9.47 Å². The van der Waals surface area contributed by atoms with Crippen LogP contribution in [0.4, 0.5) is 8.78 Å². The second-order valence-electron chi connectivity index (χ2n) is 8.28. The van der Waals surface area contributed by atoms with Crippen molar-refractivity contribution in [3.8, 4) is 28.3 Å². The molecule has 0 saturated carbocycles. The molecule has 0 amide bonds. The average Bonchev–Trinajstić information content (AvgIpc) is 3.48. The second kappa shape index (κ2) is 9.44. The van der Waals surface area contributed by atoms with E-state index in [2.05, 4.69) is 15.1 Å². The minimum absolute atomic E-state index is 0.0893. The lowest BCUT2D eigenvalue weighted by atomic mass is 9.99. The van der Waals surface area contributed by atoms with Gasteiger partial charge < -0.3 is 14.6 Å². The summed E-state index contributed by atoms with van der Waals surface area (Å²) in [6, 6.07) is 12.9. The molecule has 4 aromatic rings. The molecule has 3 heterocycles. The van der Waals surface area contributed by atoms with Gasteiger partial charge in [0.2, 0.25) is 0 Å². The monoisotopic (exact) mass is 466 g/mol. The lowest BCUT2D eigenvalue weighted by Gasteiger charge is -2.18. The molecule has 9 heteroatoms. The van der Waals surface area contributed by atoms with Crippen molar-refractivity contribution in [1.29, 1.82) is 0 Å². The smallest absolute Gasteiger partial charge is 0.257 e. The van der Waals surface area contributed by atoms with E-state index >= 15 is 0 Å². The first-order chi connectivity index (χ1) is 16.5. The highest BCUT2D eigenvalue weighted by Crippen LogP contribution is 2.38. The first-order valence-corrected chi connectivity index (χ1v) is 11.1. The Morgan fingerprint density at radius 3 is 2.71 bits per heavy atom. The van der Waals surface area contributed by atoms with E-state index < -0.39 is 19.1 Å². The summed E-state index contributed by atoms with van der Waals surface area (Å²) >= 11 is 0. The molecule has 0 unspecified atom stereocenters. The molecule has 5 rings (SSSR count). The van der Waals surface area contributed by atoms with Gasteiger partial charge in [0.15, 0.2) is 0 Å². The van der Waals surface area contributed by atoms with Gasteiger partial charge in [0.1, 0.15) is 30.4 Å². The highest BCUT2D eigenvalue weighted by molar-refractivity contribution is 5.96. The van der Waals surface area contributed by atoms with Crippen molar-refractivity contribution >= 4 is 10.9 Å². The number of fused-ring (bicyclic) bond motifs is 1. The number of rotatable bonds is 7. The first-order valence-electron chi connectivity index (χ1n) is 11.1. The van der Waals surface area contributed by atoms with Gasteiger partial charge in [-0.1, -0.05) is 30.3 Å². The topological polar surface area (TPSA) is 82.3 Å². The van der Waals surface area contributed by atoms with E-state index in [1.165, 1.54) is 11.0 Å². The number of hydrogen-bond acceptors (Lipinski definition) is 6. The van der Waals surface area contributed by atoms with Gasteiger partial charge in [0.25, 0.3) is 6.43 Å². The van der Waals surface area contributed by atoms with E-state index in [9.17, 15) is 13.9 Å². The van der Waals surface area contributed by atoms with Crippen LogP contribution in [-0.2, 0) is 11.3 Å². The highest BCUT2D eigenvalue weighted by Gasteiger charge is 2.23. The molecule has 1 aliphatic heterocycles. The maximum atomic E-state index is 13.1. The Morgan fingerprint density at radius 1 is 1.18 bits per heavy atom.